The van der Waals surface area contributed by atoms with Crippen LogP contribution in [0.1, 0.15) is 17.2 Å². The molecule has 19 heavy (non-hydrogen) atoms. The van der Waals surface area contributed by atoms with Crippen molar-refractivity contribution in [1.29, 1.82) is 0 Å². The van der Waals surface area contributed by atoms with E-state index in [1.54, 1.807) is 25.3 Å². The van der Waals surface area contributed by atoms with Crippen LogP contribution in [0.3, 0.4) is 0 Å². The van der Waals surface area contributed by atoms with Gasteiger partial charge in [0.25, 0.3) is 0 Å². The number of aliphatic hydroxyl groups is 1. The maximum Gasteiger partial charge on any atom is 0.133 e. The molecule has 1 atom stereocenters. The molecule has 0 amide bonds. The zero-order valence-electron chi connectivity index (χ0n) is 10.0. The summed E-state index contributed by atoms with van der Waals surface area (Å²) in [6.07, 6.45) is -0.754. The molecule has 2 rings (SSSR count). The van der Waals surface area contributed by atoms with E-state index < -0.39 is 6.10 Å². The van der Waals surface area contributed by atoms with Crippen LogP contribution in [0, 0.1) is 0 Å². The minimum atomic E-state index is -0.754. The van der Waals surface area contributed by atoms with Gasteiger partial charge in [0.05, 0.1) is 11.6 Å². The number of hydrogen-bond donors (Lipinski definition) is 1. The smallest absolute Gasteiger partial charge is 0.133 e. The summed E-state index contributed by atoms with van der Waals surface area (Å²) in [7, 11) is 1.60. The van der Waals surface area contributed by atoms with Crippen molar-refractivity contribution in [1.82, 2.24) is 0 Å². The van der Waals surface area contributed by atoms with Gasteiger partial charge < -0.3 is 9.84 Å². The molecule has 0 aliphatic rings. The summed E-state index contributed by atoms with van der Waals surface area (Å²) in [6, 6.07) is 10.8. The molecule has 5 heteroatoms. The first kappa shape index (κ1) is 14.9. The van der Waals surface area contributed by atoms with Crippen molar-refractivity contribution in [3.05, 3.63) is 61.5 Å². The van der Waals surface area contributed by atoms with E-state index in [9.17, 15) is 5.11 Å². The maximum atomic E-state index is 10.4. The molecule has 0 aliphatic carbocycles. The summed E-state index contributed by atoms with van der Waals surface area (Å²) in [5.41, 5.74) is 1.49. The fraction of sp³-hybridized carbons (Fsp3) is 0.143. The van der Waals surface area contributed by atoms with Crippen LogP contribution < -0.4 is 4.74 Å². The first-order valence-electron chi connectivity index (χ1n) is 5.49. The van der Waals surface area contributed by atoms with Gasteiger partial charge in [-0.1, -0.05) is 33.6 Å². The molecule has 0 heterocycles. The number of ether oxygens (including phenoxy) is 1. The largest absolute Gasteiger partial charge is 0.496 e. The molecule has 0 radical (unpaired) electrons. The van der Waals surface area contributed by atoms with Crippen molar-refractivity contribution in [2.45, 2.75) is 6.10 Å². The van der Waals surface area contributed by atoms with E-state index in [2.05, 4.69) is 31.9 Å². The minimum absolute atomic E-state index is 0.588. The topological polar surface area (TPSA) is 29.5 Å². The number of methoxy groups -OCH3 is 1. The first-order chi connectivity index (χ1) is 9.02. The zero-order valence-corrected chi connectivity index (χ0v) is 14.0. The molecule has 0 spiro atoms. The van der Waals surface area contributed by atoms with Gasteiger partial charge in [-0.2, -0.15) is 0 Å². The van der Waals surface area contributed by atoms with Gasteiger partial charge in [-0.15, -0.1) is 0 Å². The van der Waals surface area contributed by atoms with Gasteiger partial charge in [-0.3, -0.25) is 0 Å². The molecule has 1 unspecified atom stereocenters. The standard InChI is InChI=1S/C14H11Br2ClO2/c1-19-13-5-2-8(6-12(13)16)14(18)10-7-9(17)3-4-11(10)15/h2-7,14,18H,1H3. The monoisotopic (exact) mass is 404 g/mol. The van der Waals surface area contributed by atoms with Crippen LogP contribution in [-0.4, -0.2) is 12.2 Å². The fourth-order valence-electron chi connectivity index (χ4n) is 1.76. The molecule has 2 aromatic rings. The molecule has 1 N–H and O–H groups in total. The first-order valence-corrected chi connectivity index (χ1v) is 7.45. The van der Waals surface area contributed by atoms with Crippen LogP contribution in [0.15, 0.2) is 45.3 Å². The second kappa shape index (κ2) is 6.27. The summed E-state index contributed by atoms with van der Waals surface area (Å²) in [5.74, 6) is 0.723. The second-order valence-corrected chi connectivity index (χ2v) is 6.11. The highest BCUT2D eigenvalue weighted by molar-refractivity contribution is 9.10. The molecule has 2 nitrogen and oxygen atoms in total. The van der Waals surface area contributed by atoms with E-state index in [4.69, 9.17) is 16.3 Å². The number of halogens is 3. The average molecular weight is 407 g/mol. The Labute approximate surface area is 133 Å². The van der Waals surface area contributed by atoms with Crippen LogP contribution in [-0.2, 0) is 0 Å². The van der Waals surface area contributed by atoms with E-state index in [0.29, 0.717) is 5.02 Å². The van der Waals surface area contributed by atoms with Crippen molar-refractivity contribution in [3.8, 4) is 5.75 Å². The lowest BCUT2D eigenvalue weighted by Gasteiger charge is -2.15. The Morgan fingerprint density at radius 3 is 2.47 bits per heavy atom. The number of benzene rings is 2. The van der Waals surface area contributed by atoms with Crippen molar-refractivity contribution in [2.24, 2.45) is 0 Å². The third-order valence-corrected chi connectivity index (χ3v) is 4.32. The Morgan fingerprint density at radius 1 is 1.11 bits per heavy atom. The molecule has 0 bridgehead atoms. The molecule has 0 aliphatic heterocycles. The van der Waals surface area contributed by atoms with Crippen LogP contribution in [0.4, 0.5) is 0 Å². The average Bonchev–Trinajstić information content (AvgIpc) is 2.40. The van der Waals surface area contributed by atoms with Gasteiger partial charge in [0.2, 0.25) is 0 Å². The van der Waals surface area contributed by atoms with Crippen LogP contribution >= 0.6 is 43.5 Å². The number of rotatable bonds is 3. The SMILES string of the molecule is COc1ccc(C(O)c2cc(Cl)ccc2Br)cc1Br. The summed E-state index contributed by atoms with van der Waals surface area (Å²) in [6.45, 7) is 0. The number of aliphatic hydroxyl groups excluding tert-OH is 1. The molecule has 0 saturated carbocycles. The summed E-state index contributed by atoms with van der Waals surface area (Å²) >= 11 is 12.8. The van der Waals surface area contributed by atoms with E-state index >= 15 is 0 Å². The molecule has 100 valence electrons. The molecule has 0 saturated heterocycles. The number of hydrogen-bond acceptors (Lipinski definition) is 2. The predicted octanol–water partition coefficient (Wildman–Crippen LogP) is 4.96. The Bertz CT molecular complexity index is 602. The van der Waals surface area contributed by atoms with Gasteiger partial charge in [-0.05, 0) is 51.8 Å². The third-order valence-electron chi connectivity index (χ3n) is 2.74. The molecule has 0 aromatic heterocycles. The highest BCUT2D eigenvalue weighted by Crippen LogP contribution is 2.34. The molecule has 0 fully saturated rings. The Hall–Kier alpha value is -0.550. The van der Waals surface area contributed by atoms with Crippen molar-refractivity contribution < 1.29 is 9.84 Å². The third kappa shape index (κ3) is 3.31. The Balaban J connectivity index is 2.41. The predicted molar refractivity (Wildman–Crippen MR) is 83.9 cm³/mol. The molecular weight excluding hydrogens is 395 g/mol. The summed E-state index contributed by atoms with van der Waals surface area (Å²) < 4.78 is 6.78. The maximum absolute atomic E-state index is 10.4. The summed E-state index contributed by atoms with van der Waals surface area (Å²) in [5, 5.41) is 11.0. The lowest BCUT2D eigenvalue weighted by atomic mass is 10.0. The summed E-state index contributed by atoms with van der Waals surface area (Å²) in [4.78, 5) is 0. The van der Waals surface area contributed by atoms with Gasteiger partial charge in [0.1, 0.15) is 11.9 Å². The van der Waals surface area contributed by atoms with Gasteiger partial charge in [0.15, 0.2) is 0 Å². The lowest BCUT2D eigenvalue weighted by molar-refractivity contribution is 0.219. The van der Waals surface area contributed by atoms with Crippen molar-refractivity contribution in [3.63, 3.8) is 0 Å². The zero-order chi connectivity index (χ0) is 14.0. The van der Waals surface area contributed by atoms with E-state index in [0.717, 1.165) is 25.8 Å². The van der Waals surface area contributed by atoms with Crippen molar-refractivity contribution in [2.75, 3.05) is 7.11 Å². The van der Waals surface area contributed by atoms with Crippen molar-refractivity contribution >= 4 is 43.5 Å². The van der Waals surface area contributed by atoms with Gasteiger partial charge in [0, 0.05) is 15.1 Å². The highest BCUT2D eigenvalue weighted by atomic mass is 79.9. The Morgan fingerprint density at radius 2 is 1.84 bits per heavy atom. The quantitative estimate of drug-likeness (QED) is 0.781. The minimum Gasteiger partial charge on any atom is -0.496 e. The highest BCUT2D eigenvalue weighted by Gasteiger charge is 2.15. The van der Waals surface area contributed by atoms with Crippen LogP contribution in [0.5, 0.6) is 5.75 Å². The van der Waals surface area contributed by atoms with Gasteiger partial charge >= 0.3 is 0 Å². The lowest BCUT2D eigenvalue weighted by Crippen LogP contribution is -2.01. The normalized spacial score (nSPS) is 12.3. The Kier molecular flexibility index (Phi) is 4.90. The molecule has 2 aromatic carbocycles. The van der Waals surface area contributed by atoms with Crippen LogP contribution in [0.25, 0.3) is 0 Å². The van der Waals surface area contributed by atoms with E-state index in [-0.39, 0.29) is 0 Å². The van der Waals surface area contributed by atoms with E-state index in [1.165, 1.54) is 0 Å². The van der Waals surface area contributed by atoms with E-state index in [1.807, 2.05) is 18.2 Å². The fourth-order valence-corrected chi connectivity index (χ4v) is 2.96. The second-order valence-electron chi connectivity index (χ2n) is 3.96. The molecular formula is C14H11Br2ClO2. The van der Waals surface area contributed by atoms with Crippen LogP contribution in [0.2, 0.25) is 5.02 Å². The van der Waals surface area contributed by atoms with Gasteiger partial charge in [-0.25, -0.2) is 0 Å².